The molecule has 0 saturated carbocycles. The summed E-state index contributed by atoms with van der Waals surface area (Å²) in [6, 6.07) is 14.0. The van der Waals surface area contributed by atoms with Crippen molar-refractivity contribution in [1.29, 1.82) is 0 Å². The highest BCUT2D eigenvalue weighted by molar-refractivity contribution is 14.1. The first-order chi connectivity index (χ1) is 11.5. The van der Waals surface area contributed by atoms with Crippen molar-refractivity contribution in [2.45, 2.75) is 0 Å². The van der Waals surface area contributed by atoms with E-state index in [9.17, 15) is 9.59 Å². The van der Waals surface area contributed by atoms with Crippen molar-refractivity contribution in [3.8, 4) is 5.75 Å². The van der Waals surface area contributed by atoms with Gasteiger partial charge in [-0.1, -0.05) is 11.6 Å². The first-order valence-electron chi connectivity index (χ1n) is 6.96. The Morgan fingerprint density at radius 2 is 1.62 bits per heavy atom. The van der Waals surface area contributed by atoms with Gasteiger partial charge in [0.2, 0.25) is 0 Å². The van der Waals surface area contributed by atoms with E-state index in [0.717, 1.165) is 8.47 Å². The molecule has 1 heterocycles. The molecule has 0 unspecified atom stereocenters. The molecule has 1 N–H and O–H groups in total. The minimum Gasteiger partial charge on any atom is -0.497 e. The zero-order valence-electron chi connectivity index (χ0n) is 12.5. The number of ether oxygens (including phenoxy) is 1. The predicted molar refractivity (Wildman–Crippen MR) is 101 cm³/mol. The monoisotopic (exact) mass is 454 g/mol. The largest absolute Gasteiger partial charge is 0.497 e. The molecule has 7 heteroatoms. The Labute approximate surface area is 157 Å². The fourth-order valence-electron chi connectivity index (χ4n) is 2.25. The maximum Gasteiger partial charge on any atom is 0.283 e. The summed E-state index contributed by atoms with van der Waals surface area (Å²) in [6.45, 7) is 0. The van der Waals surface area contributed by atoms with Gasteiger partial charge >= 0.3 is 0 Å². The van der Waals surface area contributed by atoms with Crippen LogP contribution < -0.4 is 15.0 Å². The molecule has 0 radical (unpaired) electrons. The zero-order valence-corrected chi connectivity index (χ0v) is 15.5. The van der Waals surface area contributed by atoms with Gasteiger partial charge in [-0.25, -0.2) is 4.90 Å². The summed E-state index contributed by atoms with van der Waals surface area (Å²) >= 11 is 8.27. The third-order valence-electron chi connectivity index (χ3n) is 3.47. The Morgan fingerprint density at radius 1 is 1.00 bits per heavy atom. The van der Waals surface area contributed by atoms with E-state index in [4.69, 9.17) is 16.3 Å². The van der Waals surface area contributed by atoms with Crippen molar-refractivity contribution in [1.82, 2.24) is 0 Å². The lowest BCUT2D eigenvalue weighted by Gasteiger charge is -2.15. The van der Waals surface area contributed by atoms with Crippen LogP contribution in [0.25, 0.3) is 0 Å². The first-order valence-corrected chi connectivity index (χ1v) is 8.42. The number of hydrogen-bond acceptors (Lipinski definition) is 4. The number of halogens is 2. The highest BCUT2D eigenvalue weighted by Gasteiger charge is 2.38. The number of nitrogens with zero attached hydrogens (tertiary/aromatic N) is 1. The summed E-state index contributed by atoms with van der Waals surface area (Å²) in [5, 5.41) is 2.80. The number of imide groups is 1. The molecule has 0 atom stereocenters. The molecule has 2 aromatic rings. The number of benzene rings is 2. The average Bonchev–Trinajstić information content (AvgIpc) is 2.80. The molecule has 0 fully saturated rings. The molecule has 2 aromatic carbocycles. The molecule has 1 aliphatic heterocycles. The quantitative estimate of drug-likeness (QED) is 0.565. The molecule has 122 valence electrons. The second-order valence-corrected chi connectivity index (χ2v) is 6.59. The van der Waals surface area contributed by atoms with Crippen molar-refractivity contribution >= 4 is 57.4 Å². The topological polar surface area (TPSA) is 58.6 Å². The Balaban J connectivity index is 1.87. The molecular weight excluding hydrogens is 443 g/mol. The van der Waals surface area contributed by atoms with Crippen LogP contribution in [0.1, 0.15) is 0 Å². The van der Waals surface area contributed by atoms with E-state index < -0.39 is 11.8 Å². The Morgan fingerprint density at radius 3 is 2.21 bits per heavy atom. The molecule has 0 aromatic heterocycles. The Hall–Kier alpha value is -2.06. The molecule has 3 rings (SSSR count). The van der Waals surface area contributed by atoms with Crippen molar-refractivity contribution < 1.29 is 14.3 Å². The van der Waals surface area contributed by atoms with Crippen LogP contribution in [0, 0.1) is 3.57 Å². The van der Waals surface area contributed by atoms with Crippen LogP contribution in [-0.2, 0) is 9.59 Å². The molecule has 1 aliphatic rings. The first kappa shape index (κ1) is 16.8. The van der Waals surface area contributed by atoms with Gasteiger partial charge in [0.05, 0.1) is 12.8 Å². The molecule has 2 amide bonds. The van der Waals surface area contributed by atoms with Crippen LogP contribution in [-0.4, -0.2) is 18.9 Å². The van der Waals surface area contributed by atoms with E-state index in [0.29, 0.717) is 17.1 Å². The second-order valence-electron chi connectivity index (χ2n) is 4.96. The molecular formula is C17H12ClIN2O3. The second kappa shape index (κ2) is 6.82. The van der Waals surface area contributed by atoms with Gasteiger partial charge in [0.25, 0.3) is 11.8 Å². The Kier molecular flexibility index (Phi) is 4.77. The molecule has 5 nitrogen and oxygen atoms in total. The maximum atomic E-state index is 12.6. The van der Waals surface area contributed by atoms with Gasteiger partial charge in [0.15, 0.2) is 0 Å². The minimum atomic E-state index is -0.556. The standard InChI is InChI=1S/C17H12ClIN2O3/c1-24-13-8-6-12(7-9-13)21-16(22)14(18)15(17(21)23)20-11-4-2-10(19)3-5-11/h2-9,20H,1H3. The van der Waals surface area contributed by atoms with Gasteiger partial charge in [0.1, 0.15) is 16.5 Å². The fourth-order valence-corrected chi connectivity index (χ4v) is 2.83. The lowest BCUT2D eigenvalue weighted by Crippen LogP contribution is -2.32. The molecule has 24 heavy (non-hydrogen) atoms. The lowest BCUT2D eigenvalue weighted by molar-refractivity contribution is -0.120. The van der Waals surface area contributed by atoms with Crippen LogP contribution in [0.5, 0.6) is 5.75 Å². The third kappa shape index (κ3) is 3.11. The van der Waals surface area contributed by atoms with Crippen molar-refractivity contribution in [2.24, 2.45) is 0 Å². The highest BCUT2D eigenvalue weighted by atomic mass is 127. The zero-order chi connectivity index (χ0) is 17.3. The van der Waals surface area contributed by atoms with Crippen LogP contribution in [0.3, 0.4) is 0 Å². The highest BCUT2D eigenvalue weighted by Crippen LogP contribution is 2.31. The number of carbonyl (C=O) groups excluding carboxylic acids is 2. The number of amides is 2. The summed E-state index contributed by atoms with van der Waals surface area (Å²) in [6.07, 6.45) is 0. The van der Waals surface area contributed by atoms with Crippen LogP contribution in [0.2, 0.25) is 0 Å². The number of hydrogen-bond donors (Lipinski definition) is 1. The van der Waals surface area contributed by atoms with Gasteiger partial charge in [-0.2, -0.15) is 0 Å². The SMILES string of the molecule is COc1ccc(N2C(=O)C(Cl)=C(Nc3ccc(I)cc3)C2=O)cc1. The number of carbonyl (C=O) groups is 2. The van der Waals surface area contributed by atoms with Gasteiger partial charge in [-0.3, -0.25) is 9.59 Å². The normalized spacial score (nSPS) is 14.4. The van der Waals surface area contributed by atoms with Crippen LogP contribution in [0.15, 0.2) is 59.3 Å². The van der Waals surface area contributed by atoms with Gasteiger partial charge < -0.3 is 10.1 Å². The fraction of sp³-hybridized carbons (Fsp3) is 0.0588. The molecule has 0 saturated heterocycles. The smallest absolute Gasteiger partial charge is 0.283 e. The third-order valence-corrected chi connectivity index (χ3v) is 4.54. The Bertz CT molecular complexity index is 832. The van der Waals surface area contributed by atoms with E-state index in [-0.39, 0.29) is 10.7 Å². The number of anilines is 2. The van der Waals surface area contributed by atoms with Crippen molar-refractivity contribution in [2.75, 3.05) is 17.3 Å². The molecule has 0 spiro atoms. The number of methoxy groups -OCH3 is 1. The molecule has 0 aliphatic carbocycles. The van der Waals surface area contributed by atoms with Crippen molar-refractivity contribution in [3.05, 3.63) is 62.8 Å². The van der Waals surface area contributed by atoms with E-state index in [1.165, 1.54) is 0 Å². The van der Waals surface area contributed by atoms with E-state index >= 15 is 0 Å². The lowest BCUT2D eigenvalue weighted by atomic mass is 10.2. The van der Waals surface area contributed by atoms with E-state index in [1.54, 1.807) is 31.4 Å². The average molecular weight is 455 g/mol. The number of rotatable bonds is 4. The van der Waals surface area contributed by atoms with E-state index in [2.05, 4.69) is 27.9 Å². The summed E-state index contributed by atoms with van der Waals surface area (Å²) in [5.74, 6) is -0.414. The van der Waals surface area contributed by atoms with Gasteiger partial charge in [0, 0.05) is 9.26 Å². The summed E-state index contributed by atoms with van der Waals surface area (Å²) in [7, 11) is 1.54. The summed E-state index contributed by atoms with van der Waals surface area (Å²) < 4.78 is 6.14. The predicted octanol–water partition coefficient (Wildman–Crippen LogP) is 3.74. The van der Waals surface area contributed by atoms with Gasteiger partial charge in [-0.05, 0) is 71.1 Å². The van der Waals surface area contributed by atoms with Crippen LogP contribution >= 0.6 is 34.2 Å². The molecule has 0 bridgehead atoms. The van der Waals surface area contributed by atoms with Gasteiger partial charge in [-0.15, -0.1) is 0 Å². The van der Waals surface area contributed by atoms with Crippen LogP contribution in [0.4, 0.5) is 11.4 Å². The maximum absolute atomic E-state index is 12.6. The van der Waals surface area contributed by atoms with E-state index in [1.807, 2.05) is 24.3 Å². The number of nitrogens with one attached hydrogen (secondary N) is 1. The summed E-state index contributed by atoms with van der Waals surface area (Å²) in [5.41, 5.74) is 1.18. The summed E-state index contributed by atoms with van der Waals surface area (Å²) in [4.78, 5) is 26.0. The van der Waals surface area contributed by atoms with Crippen molar-refractivity contribution in [3.63, 3.8) is 0 Å². The minimum absolute atomic E-state index is 0.0682.